The first-order chi connectivity index (χ1) is 8.63. The highest BCUT2D eigenvalue weighted by Gasteiger charge is 2.32. The maximum Gasteiger partial charge on any atom is 0.255 e. The third-order valence-corrected chi connectivity index (χ3v) is 4.67. The second-order valence-corrected chi connectivity index (χ2v) is 5.63. The third-order valence-electron chi connectivity index (χ3n) is 3.51. The first-order valence-corrected chi connectivity index (χ1v) is 7.33. The highest BCUT2D eigenvalue weighted by atomic mass is 32.2. The minimum atomic E-state index is -0.558. The minimum Gasteiger partial charge on any atom is -0.338 e. The molecule has 1 aliphatic carbocycles. The summed E-state index contributed by atoms with van der Waals surface area (Å²) in [7, 11) is 1.82. The second-order valence-electron chi connectivity index (χ2n) is 4.56. The van der Waals surface area contributed by atoms with Crippen LogP contribution >= 0.6 is 11.8 Å². The Balaban J connectivity index is 2.11. The molecular formula is C13H17FN2OS. The Hall–Kier alpha value is -1.10. The van der Waals surface area contributed by atoms with Gasteiger partial charge in [0.25, 0.3) is 5.91 Å². The number of halogens is 1. The molecule has 3 nitrogen and oxygen atoms in total. The van der Waals surface area contributed by atoms with Crippen molar-refractivity contribution >= 4 is 17.7 Å². The zero-order valence-corrected chi connectivity index (χ0v) is 11.4. The lowest BCUT2D eigenvalue weighted by atomic mass is 10.2. The summed E-state index contributed by atoms with van der Waals surface area (Å²) < 4.78 is 12.7. The zero-order chi connectivity index (χ0) is 13.1. The molecule has 1 aliphatic rings. The van der Waals surface area contributed by atoms with E-state index in [1.807, 2.05) is 18.8 Å². The van der Waals surface area contributed by atoms with Crippen LogP contribution in [0, 0.1) is 5.95 Å². The van der Waals surface area contributed by atoms with E-state index < -0.39 is 5.95 Å². The number of carbonyl (C=O) groups is 1. The Morgan fingerprint density at radius 1 is 1.50 bits per heavy atom. The first kappa shape index (κ1) is 13.3. The lowest BCUT2D eigenvalue weighted by Gasteiger charge is -2.28. The molecule has 1 aromatic heterocycles. The molecule has 0 saturated heterocycles. The van der Waals surface area contributed by atoms with Crippen molar-refractivity contribution in [3.8, 4) is 0 Å². The van der Waals surface area contributed by atoms with Gasteiger partial charge in [0.1, 0.15) is 0 Å². The topological polar surface area (TPSA) is 33.2 Å². The Bertz CT molecular complexity index is 424. The molecule has 0 bridgehead atoms. The SMILES string of the molecule is CS[C@H]1CCC[C@H]1N(C)C(=O)c1ccc(F)nc1. The van der Waals surface area contributed by atoms with Crippen LogP contribution in [0.3, 0.4) is 0 Å². The van der Waals surface area contributed by atoms with Crippen LogP contribution in [-0.4, -0.2) is 40.4 Å². The first-order valence-electron chi connectivity index (χ1n) is 6.05. The van der Waals surface area contributed by atoms with Crippen LogP contribution in [0.25, 0.3) is 0 Å². The zero-order valence-electron chi connectivity index (χ0n) is 10.6. The van der Waals surface area contributed by atoms with Crippen LogP contribution in [0.2, 0.25) is 0 Å². The van der Waals surface area contributed by atoms with Gasteiger partial charge in [0, 0.05) is 24.5 Å². The minimum absolute atomic E-state index is 0.0755. The molecule has 18 heavy (non-hydrogen) atoms. The number of hydrogen-bond donors (Lipinski definition) is 0. The van der Waals surface area contributed by atoms with Crippen molar-refractivity contribution in [3.63, 3.8) is 0 Å². The van der Waals surface area contributed by atoms with Crippen molar-refractivity contribution in [2.75, 3.05) is 13.3 Å². The largest absolute Gasteiger partial charge is 0.338 e. The molecule has 0 aromatic carbocycles. The van der Waals surface area contributed by atoms with E-state index in [1.165, 1.54) is 18.3 Å². The van der Waals surface area contributed by atoms with E-state index in [2.05, 4.69) is 11.2 Å². The van der Waals surface area contributed by atoms with Gasteiger partial charge in [-0.3, -0.25) is 4.79 Å². The van der Waals surface area contributed by atoms with Gasteiger partial charge in [0.05, 0.1) is 5.56 Å². The smallest absolute Gasteiger partial charge is 0.255 e. The number of thioether (sulfide) groups is 1. The van der Waals surface area contributed by atoms with E-state index in [4.69, 9.17) is 0 Å². The molecule has 1 aromatic rings. The second kappa shape index (κ2) is 5.69. The normalized spacial score (nSPS) is 23.1. The number of pyridine rings is 1. The van der Waals surface area contributed by atoms with Crippen molar-refractivity contribution < 1.29 is 9.18 Å². The van der Waals surface area contributed by atoms with Gasteiger partial charge in [-0.15, -0.1) is 0 Å². The van der Waals surface area contributed by atoms with E-state index in [-0.39, 0.29) is 11.9 Å². The Labute approximate surface area is 111 Å². The summed E-state index contributed by atoms with van der Waals surface area (Å²) in [6, 6.07) is 2.99. The molecule has 0 unspecified atom stereocenters. The average molecular weight is 268 g/mol. The predicted octanol–water partition coefficient (Wildman–Crippen LogP) is 2.58. The van der Waals surface area contributed by atoms with Crippen molar-refractivity contribution in [1.82, 2.24) is 9.88 Å². The lowest BCUT2D eigenvalue weighted by Crippen LogP contribution is -2.40. The number of nitrogens with zero attached hydrogens (tertiary/aromatic N) is 2. The summed E-state index contributed by atoms with van der Waals surface area (Å²) in [6.07, 6.45) is 6.75. The molecule has 1 fully saturated rings. The van der Waals surface area contributed by atoms with E-state index in [1.54, 1.807) is 4.90 Å². The summed E-state index contributed by atoms with van der Waals surface area (Å²) in [4.78, 5) is 17.6. The molecule has 5 heteroatoms. The molecule has 0 aliphatic heterocycles. The van der Waals surface area contributed by atoms with Gasteiger partial charge in [-0.2, -0.15) is 16.2 Å². The number of rotatable bonds is 3. The van der Waals surface area contributed by atoms with Crippen molar-refractivity contribution in [2.45, 2.75) is 30.6 Å². The van der Waals surface area contributed by atoms with Gasteiger partial charge in [0.15, 0.2) is 0 Å². The highest BCUT2D eigenvalue weighted by molar-refractivity contribution is 7.99. The number of hydrogen-bond acceptors (Lipinski definition) is 3. The molecule has 2 atom stereocenters. The van der Waals surface area contributed by atoms with Crippen molar-refractivity contribution in [3.05, 3.63) is 29.8 Å². The Morgan fingerprint density at radius 2 is 2.28 bits per heavy atom. The quantitative estimate of drug-likeness (QED) is 0.790. The standard InChI is InChI=1S/C13H17FN2OS/c1-16(10-4-3-5-11(10)18-2)13(17)9-6-7-12(14)15-8-9/h6-8,10-11H,3-5H2,1-2H3/t10-,11+/m1/s1. The summed E-state index contributed by atoms with van der Waals surface area (Å²) in [5, 5.41) is 0.507. The van der Waals surface area contributed by atoms with Crippen LogP contribution in [0.5, 0.6) is 0 Å². The number of aromatic nitrogens is 1. The number of carbonyl (C=O) groups excluding carboxylic acids is 1. The summed E-state index contributed by atoms with van der Waals surface area (Å²) in [6.45, 7) is 0. The molecule has 0 spiro atoms. The average Bonchev–Trinajstić information content (AvgIpc) is 2.86. The van der Waals surface area contributed by atoms with Gasteiger partial charge >= 0.3 is 0 Å². The molecule has 1 heterocycles. The molecule has 2 rings (SSSR count). The molecule has 98 valence electrons. The molecule has 1 saturated carbocycles. The predicted molar refractivity (Wildman–Crippen MR) is 71.2 cm³/mol. The van der Waals surface area contributed by atoms with E-state index >= 15 is 0 Å². The summed E-state index contributed by atoms with van der Waals surface area (Å²) in [5.41, 5.74) is 0.450. The van der Waals surface area contributed by atoms with Crippen molar-refractivity contribution in [1.29, 1.82) is 0 Å². The van der Waals surface area contributed by atoms with E-state index in [0.717, 1.165) is 19.3 Å². The highest BCUT2D eigenvalue weighted by Crippen LogP contribution is 2.32. The fourth-order valence-corrected chi connectivity index (χ4v) is 3.52. The fourth-order valence-electron chi connectivity index (χ4n) is 2.48. The maximum atomic E-state index is 12.7. The van der Waals surface area contributed by atoms with Crippen LogP contribution < -0.4 is 0 Å². The summed E-state index contributed by atoms with van der Waals surface area (Å²) >= 11 is 1.81. The van der Waals surface area contributed by atoms with Crippen LogP contribution in [0.15, 0.2) is 18.3 Å². The fraction of sp³-hybridized carbons (Fsp3) is 0.538. The monoisotopic (exact) mass is 268 g/mol. The van der Waals surface area contributed by atoms with Crippen LogP contribution in [-0.2, 0) is 0 Å². The van der Waals surface area contributed by atoms with E-state index in [0.29, 0.717) is 10.8 Å². The summed E-state index contributed by atoms with van der Waals surface area (Å²) in [5.74, 6) is -0.634. The van der Waals surface area contributed by atoms with Crippen LogP contribution in [0.1, 0.15) is 29.6 Å². The van der Waals surface area contributed by atoms with Gasteiger partial charge in [-0.1, -0.05) is 6.42 Å². The number of amides is 1. The lowest BCUT2D eigenvalue weighted by molar-refractivity contribution is 0.0738. The molecule has 0 N–H and O–H groups in total. The van der Waals surface area contributed by atoms with Gasteiger partial charge in [0.2, 0.25) is 5.95 Å². The van der Waals surface area contributed by atoms with Gasteiger partial charge in [-0.05, 0) is 31.2 Å². The Morgan fingerprint density at radius 3 is 2.89 bits per heavy atom. The van der Waals surface area contributed by atoms with Gasteiger partial charge in [-0.25, -0.2) is 4.98 Å². The maximum absolute atomic E-state index is 12.7. The van der Waals surface area contributed by atoms with Gasteiger partial charge < -0.3 is 4.90 Å². The third kappa shape index (κ3) is 2.66. The van der Waals surface area contributed by atoms with Crippen molar-refractivity contribution in [2.24, 2.45) is 0 Å². The van der Waals surface area contributed by atoms with E-state index in [9.17, 15) is 9.18 Å². The Kier molecular flexibility index (Phi) is 4.22. The molecular weight excluding hydrogens is 251 g/mol. The molecule has 1 amide bonds. The molecule has 0 radical (unpaired) electrons. The van der Waals surface area contributed by atoms with Crippen LogP contribution in [0.4, 0.5) is 4.39 Å².